The van der Waals surface area contributed by atoms with Crippen molar-refractivity contribution in [2.24, 2.45) is 5.92 Å². The summed E-state index contributed by atoms with van der Waals surface area (Å²) in [4.78, 5) is 16.1. The number of aromatic nitrogens is 2. The van der Waals surface area contributed by atoms with Gasteiger partial charge in [0.1, 0.15) is 12.4 Å². The smallest absolute Gasteiger partial charge is 0.239 e. The first-order valence-corrected chi connectivity index (χ1v) is 7.70. The number of aryl methyl sites for hydroxylation is 1. The Bertz CT molecular complexity index is 696. The zero-order chi connectivity index (χ0) is 16.2. The van der Waals surface area contributed by atoms with Crippen LogP contribution in [0, 0.1) is 12.8 Å². The van der Waals surface area contributed by atoms with Crippen LogP contribution >= 0.6 is 0 Å². The van der Waals surface area contributed by atoms with E-state index in [-0.39, 0.29) is 11.8 Å². The van der Waals surface area contributed by atoms with E-state index in [2.05, 4.69) is 10.3 Å². The second kappa shape index (κ2) is 6.73. The molecule has 1 aliphatic rings. The minimum Gasteiger partial charge on any atom is -0.493 e. The molecule has 122 valence electrons. The summed E-state index contributed by atoms with van der Waals surface area (Å²) < 4.78 is 13.0. The van der Waals surface area contributed by atoms with Crippen molar-refractivity contribution in [3.63, 3.8) is 0 Å². The number of amides is 1. The maximum atomic E-state index is 12.0. The minimum atomic E-state index is -0.0115. The normalized spacial score (nSPS) is 16.3. The van der Waals surface area contributed by atoms with Crippen molar-refractivity contribution >= 4 is 5.91 Å². The molecule has 1 aliphatic heterocycles. The fourth-order valence-corrected chi connectivity index (χ4v) is 2.79. The standard InChI is InChI=1S/C17H21N3O3/c1-12-18-6-7-20(12)10-16(21)19-9-13-8-14-4-3-5-15(22-2)17(14)23-11-13/h3-7,13H,8-11H2,1-2H3,(H,19,21)/t13-/m1/s1. The van der Waals surface area contributed by atoms with Crippen LogP contribution in [0.25, 0.3) is 0 Å². The predicted molar refractivity (Wildman–Crippen MR) is 85.7 cm³/mol. The van der Waals surface area contributed by atoms with Crippen molar-refractivity contribution in [1.82, 2.24) is 14.9 Å². The number of carbonyl (C=O) groups is 1. The van der Waals surface area contributed by atoms with Gasteiger partial charge in [0.05, 0.1) is 13.7 Å². The van der Waals surface area contributed by atoms with Gasteiger partial charge in [0.25, 0.3) is 0 Å². The first-order chi connectivity index (χ1) is 11.2. The summed E-state index contributed by atoms with van der Waals surface area (Å²) in [6.45, 7) is 3.36. The molecule has 23 heavy (non-hydrogen) atoms. The van der Waals surface area contributed by atoms with Gasteiger partial charge in [-0.2, -0.15) is 0 Å². The number of benzene rings is 1. The zero-order valence-corrected chi connectivity index (χ0v) is 13.4. The van der Waals surface area contributed by atoms with E-state index in [0.717, 1.165) is 29.3 Å². The van der Waals surface area contributed by atoms with E-state index in [0.29, 0.717) is 19.7 Å². The number of imidazole rings is 1. The van der Waals surface area contributed by atoms with Crippen LogP contribution in [0.5, 0.6) is 11.5 Å². The molecule has 1 N–H and O–H groups in total. The number of fused-ring (bicyclic) bond motifs is 1. The van der Waals surface area contributed by atoms with Gasteiger partial charge in [0.15, 0.2) is 11.5 Å². The van der Waals surface area contributed by atoms with Gasteiger partial charge in [0, 0.05) is 24.9 Å². The number of para-hydroxylation sites is 1. The minimum absolute atomic E-state index is 0.0115. The van der Waals surface area contributed by atoms with Crippen molar-refractivity contribution in [1.29, 1.82) is 0 Å². The van der Waals surface area contributed by atoms with E-state index in [4.69, 9.17) is 9.47 Å². The summed E-state index contributed by atoms with van der Waals surface area (Å²) in [6.07, 6.45) is 4.37. The lowest BCUT2D eigenvalue weighted by atomic mass is 9.96. The summed E-state index contributed by atoms with van der Waals surface area (Å²) in [6, 6.07) is 5.90. The van der Waals surface area contributed by atoms with Crippen molar-refractivity contribution in [2.45, 2.75) is 19.9 Å². The maximum Gasteiger partial charge on any atom is 0.239 e. The number of nitrogens with zero attached hydrogens (tertiary/aromatic N) is 2. The second-order valence-corrected chi connectivity index (χ2v) is 5.74. The molecule has 0 bridgehead atoms. The molecule has 0 unspecified atom stereocenters. The van der Waals surface area contributed by atoms with Crippen molar-refractivity contribution < 1.29 is 14.3 Å². The van der Waals surface area contributed by atoms with Gasteiger partial charge in [-0.25, -0.2) is 4.98 Å². The SMILES string of the molecule is COc1cccc2c1OC[C@@H](CNC(=O)Cn1ccnc1C)C2. The number of hydrogen-bond donors (Lipinski definition) is 1. The Balaban J connectivity index is 1.54. The molecule has 0 saturated heterocycles. The number of hydrogen-bond acceptors (Lipinski definition) is 4. The molecule has 0 spiro atoms. The summed E-state index contributed by atoms with van der Waals surface area (Å²) in [7, 11) is 1.64. The molecule has 3 rings (SSSR count). The lowest BCUT2D eigenvalue weighted by molar-refractivity contribution is -0.121. The highest BCUT2D eigenvalue weighted by Crippen LogP contribution is 2.35. The van der Waals surface area contributed by atoms with Crippen LogP contribution in [0.2, 0.25) is 0 Å². The van der Waals surface area contributed by atoms with Crippen molar-refractivity contribution in [2.75, 3.05) is 20.3 Å². The average Bonchev–Trinajstić information content (AvgIpc) is 2.97. The molecule has 1 aromatic heterocycles. The van der Waals surface area contributed by atoms with Crippen LogP contribution in [0.15, 0.2) is 30.6 Å². The fourth-order valence-electron chi connectivity index (χ4n) is 2.79. The van der Waals surface area contributed by atoms with Gasteiger partial charge in [-0.15, -0.1) is 0 Å². The lowest BCUT2D eigenvalue weighted by Gasteiger charge is -2.26. The predicted octanol–water partition coefficient (Wildman–Crippen LogP) is 1.57. The molecule has 2 heterocycles. The molecule has 2 aromatic rings. The first-order valence-electron chi connectivity index (χ1n) is 7.70. The number of methoxy groups -OCH3 is 1. The molecule has 1 aromatic carbocycles. The Morgan fingerprint density at radius 1 is 1.52 bits per heavy atom. The number of ether oxygens (including phenoxy) is 2. The van der Waals surface area contributed by atoms with Crippen molar-refractivity contribution in [3.05, 3.63) is 42.0 Å². The molecular weight excluding hydrogens is 294 g/mol. The number of carbonyl (C=O) groups excluding carboxylic acids is 1. The largest absolute Gasteiger partial charge is 0.493 e. The van der Waals surface area contributed by atoms with Gasteiger partial charge in [-0.3, -0.25) is 4.79 Å². The Kier molecular flexibility index (Phi) is 4.50. The van der Waals surface area contributed by atoms with Gasteiger partial charge in [0.2, 0.25) is 5.91 Å². The van der Waals surface area contributed by atoms with E-state index in [1.165, 1.54) is 0 Å². The third kappa shape index (κ3) is 3.47. The van der Waals surface area contributed by atoms with E-state index >= 15 is 0 Å². The maximum absolute atomic E-state index is 12.0. The van der Waals surface area contributed by atoms with Gasteiger partial charge in [-0.05, 0) is 25.0 Å². The molecule has 0 radical (unpaired) electrons. The van der Waals surface area contributed by atoms with E-state index in [1.807, 2.05) is 29.7 Å². The summed E-state index contributed by atoms with van der Waals surface area (Å²) >= 11 is 0. The summed E-state index contributed by atoms with van der Waals surface area (Å²) in [5.74, 6) is 2.68. The van der Waals surface area contributed by atoms with Gasteiger partial charge >= 0.3 is 0 Å². The highest BCUT2D eigenvalue weighted by Gasteiger charge is 2.23. The molecule has 0 saturated carbocycles. The van der Waals surface area contributed by atoms with Crippen LogP contribution in [0.3, 0.4) is 0 Å². The van der Waals surface area contributed by atoms with Crippen LogP contribution in [0.1, 0.15) is 11.4 Å². The Labute approximate surface area is 135 Å². The van der Waals surface area contributed by atoms with Gasteiger partial charge in [-0.1, -0.05) is 12.1 Å². The Hall–Kier alpha value is -2.50. The second-order valence-electron chi connectivity index (χ2n) is 5.74. The van der Waals surface area contributed by atoms with E-state index in [9.17, 15) is 4.79 Å². The summed E-state index contributed by atoms with van der Waals surface area (Å²) in [5, 5.41) is 2.98. The van der Waals surface area contributed by atoms with E-state index in [1.54, 1.807) is 19.5 Å². The lowest BCUT2D eigenvalue weighted by Crippen LogP contribution is -2.36. The zero-order valence-electron chi connectivity index (χ0n) is 13.4. The third-order valence-corrected chi connectivity index (χ3v) is 4.08. The quantitative estimate of drug-likeness (QED) is 0.909. The molecule has 6 heteroatoms. The Morgan fingerprint density at radius 2 is 2.39 bits per heavy atom. The van der Waals surface area contributed by atoms with Crippen LogP contribution in [-0.2, 0) is 17.8 Å². The third-order valence-electron chi connectivity index (χ3n) is 4.08. The molecule has 1 atom stereocenters. The highest BCUT2D eigenvalue weighted by atomic mass is 16.5. The highest BCUT2D eigenvalue weighted by molar-refractivity contribution is 5.75. The molecule has 0 fully saturated rings. The molecule has 6 nitrogen and oxygen atoms in total. The fraction of sp³-hybridized carbons (Fsp3) is 0.412. The van der Waals surface area contributed by atoms with Crippen LogP contribution in [0.4, 0.5) is 0 Å². The molecular formula is C17H21N3O3. The number of rotatable bonds is 5. The first kappa shape index (κ1) is 15.4. The Morgan fingerprint density at radius 3 is 3.13 bits per heavy atom. The monoisotopic (exact) mass is 315 g/mol. The van der Waals surface area contributed by atoms with E-state index < -0.39 is 0 Å². The van der Waals surface area contributed by atoms with Crippen molar-refractivity contribution in [3.8, 4) is 11.5 Å². The average molecular weight is 315 g/mol. The van der Waals surface area contributed by atoms with Gasteiger partial charge < -0.3 is 19.4 Å². The topological polar surface area (TPSA) is 65.4 Å². The van der Waals surface area contributed by atoms with Crippen LogP contribution < -0.4 is 14.8 Å². The summed E-state index contributed by atoms with van der Waals surface area (Å²) in [5.41, 5.74) is 1.13. The number of nitrogens with one attached hydrogen (secondary N) is 1. The van der Waals surface area contributed by atoms with Crippen LogP contribution in [-0.4, -0.2) is 35.7 Å². The molecule has 1 amide bonds. The molecule has 0 aliphatic carbocycles.